The molecule has 8 rings (SSSR count). The molecule has 7 aromatic carbocycles. The summed E-state index contributed by atoms with van der Waals surface area (Å²) in [6.07, 6.45) is 0. The van der Waals surface area contributed by atoms with E-state index in [0.29, 0.717) is 5.89 Å². The second kappa shape index (κ2) is 12.1. The zero-order valence-corrected chi connectivity index (χ0v) is 25.1. The predicted octanol–water partition coefficient (Wildman–Crippen LogP) is 12.0. The van der Waals surface area contributed by atoms with Crippen LogP contribution in [0.3, 0.4) is 0 Å². The van der Waals surface area contributed by atoms with E-state index >= 15 is 0 Å². The average molecular weight is 591 g/mol. The fraction of sp³-hybridized carbons (Fsp3) is 0. The summed E-state index contributed by atoms with van der Waals surface area (Å²) in [7, 11) is 0. The number of oxazole rings is 1. The maximum Gasteiger partial charge on any atom is 0.227 e. The normalized spacial score (nSPS) is 11.0. The summed E-state index contributed by atoms with van der Waals surface area (Å²) in [6, 6.07) is 63.2. The summed E-state index contributed by atoms with van der Waals surface area (Å²) in [6.45, 7) is 0. The third-order valence-corrected chi connectivity index (χ3v) is 8.31. The molecule has 1 aromatic heterocycles. The summed E-state index contributed by atoms with van der Waals surface area (Å²) in [5, 5.41) is 0. The molecule has 0 N–H and O–H groups in total. The summed E-state index contributed by atoms with van der Waals surface area (Å²) in [5.41, 5.74) is 12.5. The van der Waals surface area contributed by atoms with Crippen LogP contribution in [0.4, 0.5) is 17.1 Å². The Morgan fingerprint density at radius 3 is 1.54 bits per heavy atom. The largest absolute Gasteiger partial charge is 0.435 e. The maximum atomic E-state index is 6.55. The molecule has 0 unspecified atom stereocenters. The van der Waals surface area contributed by atoms with Gasteiger partial charge in [-0.25, -0.2) is 4.98 Å². The van der Waals surface area contributed by atoms with Gasteiger partial charge >= 0.3 is 0 Å². The van der Waals surface area contributed by atoms with Crippen LogP contribution in [0.5, 0.6) is 0 Å². The molecule has 0 atom stereocenters. The van der Waals surface area contributed by atoms with Gasteiger partial charge in [-0.1, -0.05) is 127 Å². The molecule has 3 heteroatoms. The van der Waals surface area contributed by atoms with Crippen molar-refractivity contribution in [1.82, 2.24) is 4.98 Å². The Kier molecular flexibility index (Phi) is 7.18. The molecule has 0 bridgehead atoms. The Morgan fingerprint density at radius 2 is 0.870 bits per heavy atom. The van der Waals surface area contributed by atoms with Crippen LogP contribution in [0.15, 0.2) is 186 Å². The van der Waals surface area contributed by atoms with Gasteiger partial charge in [0.15, 0.2) is 5.58 Å². The maximum absolute atomic E-state index is 6.55. The van der Waals surface area contributed by atoms with Gasteiger partial charge in [-0.05, 0) is 76.9 Å². The van der Waals surface area contributed by atoms with Crippen LogP contribution in [0.2, 0.25) is 0 Å². The second-order valence-electron chi connectivity index (χ2n) is 11.2. The first-order chi connectivity index (χ1) is 22.8. The number of benzene rings is 7. The van der Waals surface area contributed by atoms with Crippen molar-refractivity contribution in [2.24, 2.45) is 0 Å². The number of hydrogen-bond acceptors (Lipinski definition) is 3. The number of hydrogen-bond donors (Lipinski definition) is 0. The van der Waals surface area contributed by atoms with E-state index in [-0.39, 0.29) is 0 Å². The van der Waals surface area contributed by atoms with Crippen molar-refractivity contribution < 1.29 is 4.42 Å². The van der Waals surface area contributed by atoms with Crippen molar-refractivity contribution in [2.75, 3.05) is 4.90 Å². The van der Waals surface area contributed by atoms with Crippen LogP contribution < -0.4 is 4.90 Å². The van der Waals surface area contributed by atoms with Crippen molar-refractivity contribution in [1.29, 1.82) is 0 Å². The molecule has 0 aliphatic heterocycles. The highest BCUT2D eigenvalue weighted by Crippen LogP contribution is 2.40. The number of nitrogens with zero attached hydrogens (tertiary/aromatic N) is 2. The van der Waals surface area contributed by atoms with Gasteiger partial charge in [-0.15, -0.1) is 0 Å². The topological polar surface area (TPSA) is 29.3 Å². The third-order valence-electron chi connectivity index (χ3n) is 8.31. The number of para-hydroxylation sites is 1. The molecule has 0 aliphatic rings. The molecule has 0 fully saturated rings. The Morgan fingerprint density at radius 1 is 0.370 bits per heavy atom. The molecule has 1 heterocycles. The van der Waals surface area contributed by atoms with E-state index in [9.17, 15) is 0 Å². The van der Waals surface area contributed by atoms with Crippen molar-refractivity contribution in [3.05, 3.63) is 182 Å². The first kappa shape index (κ1) is 27.4. The minimum absolute atomic E-state index is 0.616. The van der Waals surface area contributed by atoms with E-state index in [2.05, 4.69) is 150 Å². The average Bonchev–Trinajstić information content (AvgIpc) is 3.59. The highest BCUT2D eigenvalue weighted by Gasteiger charge is 2.19. The van der Waals surface area contributed by atoms with Gasteiger partial charge in [0.25, 0.3) is 0 Å². The molecular formula is C43H30N2O. The molecule has 0 saturated heterocycles. The number of anilines is 3. The minimum Gasteiger partial charge on any atom is -0.435 e. The molecule has 0 spiro atoms. The first-order valence-electron chi connectivity index (χ1n) is 15.5. The third kappa shape index (κ3) is 5.25. The molecular weight excluding hydrogens is 560 g/mol. The van der Waals surface area contributed by atoms with Crippen molar-refractivity contribution >= 4 is 28.2 Å². The molecule has 0 aliphatic carbocycles. The number of rotatable bonds is 7. The quantitative estimate of drug-likeness (QED) is 0.185. The molecule has 46 heavy (non-hydrogen) atoms. The Bertz CT molecular complexity index is 2230. The van der Waals surface area contributed by atoms with E-state index in [1.165, 1.54) is 11.1 Å². The van der Waals surface area contributed by atoms with E-state index in [1.54, 1.807) is 0 Å². The lowest BCUT2D eigenvalue weighted by Crippen LogP contribution is -2.09. The van der Waals surface area contributed by atoms with Crippen LogP contribution in [0.25, 0.3) is 55.9 Å². The molecule has 218 valence electrons. The Hall–Kier alpha value is -6.19. The summed E-state index contributed by atoms with van der Waals surface area (Å²) >= 11 is 0. The van der Waals surface area contributed by atoms with Crippen LogP contribution in [0, 0.1) is 0 Å². The van der Waals surface area contributed by atoms with E-state index in [4.69, 9.17) is 9.40 Å². The predicted molar refractivity (Wildman–Crippen MR) is 190 cm³/mol. The highest BCUT2D eigenvalue weighted by atomic mass is 16.3. The van der Waals surface area contributed by atoms with Crippen molar-refractivity contribution in [2.45, 2.75) is 0 Å². The fourth-order valence-electron chi connectivity index (χ4n) is 6.06. The van der Waals surface area contributed by atoms with Crippen LogP contribution in [-0.4, -0.2) is 4.98 Å². The fourth-order valence-corrected chi connectivity index (χ4v) is 6.06. The Balaban J connectivity index is 1.23. The summed E-state index contributed by atoms with van der Waals surface area (Å²) in [4.78, 5) is 7.33. The zero-order valence-electron chi connectivity index (χ0n) is 25.1. The van der Waals surface area contributed by atoms with Crippen LogP contribution >= 0.6 is 0 Å². The van der Waals surface area contributed by atoms with E-state index in [1.807, 2.05) is 36.4 Å². The monoisotopic (exact) mass is 590 g/mol. The van der Waals surface area contributed by atoms with Gasteiger partial charge < -0.3 is 9.32 Å². The van der Waals surface area contributed by atoms with Gasteiger partial charge in [0.05, 0.1) is 0 Å². The number of aromatic nitrogens is 1. The van der Waals surface area contributed by atoms with Gasteiger partial charge in [-0.2, -0.15) is 0 Å². The first-order valence-corrected chi connectivity index (χ1v) is 15.5. The highest BCUT2D eigenvalue weighted by molar-refractivity contribution is 6.00. The Labute approximate surface area is 268 Å². The van der Waals surface area contributed by atoms with Crippen molar-refractivity contribution in [3.63, 3.8) is 0 Å². The molecule has 3 nitrogen and oxygen atoms in total. The summed E-state index contributed by atoms with van der Waals surface area (Å²) in [5.74, 6) is 0.616. The van der Waals surface area contributed by atoms with Gasteiger partial charge in [0.1, 0.15) is 5.52 Å². The van der Waals surface area contributed by atoms with Gasteiger partial charge in [-0.3, -0.25) is 0 Å². The smallest absolute Gasteiger partial charge is 0.227 e. The van der Waals surface area contributed by atoms with E-state index in [0.717, 1.165) is 56.0 Å². The lowest BCUT2D eigenvalue weighted by Gasteiger charge is -2.26. The van der Waals surface area contributed by atoms with E-state index < -0.39 is 0 Å². The molecule has 0 saturated carbocycles. The standard InChI is InChI=1S/C43H30N2O/c1-5-14-31(15-6-1)35-20-13-23-38(30-35)45(36-21-11-4-12-22-36)37-26-24-33(25-27-37)40-29-28-39(32-16-7-2-8-17-32)41-42(40)46-43(44-41)34-18-9-3-10-19-34/h1-30H. The summed E-state index contributed by atoms with van der Waals surface area (Å²) < 4.78 is 6.55. The van der Waals surface area contributed by atoms with Crippen molar-refractivity contribution in [3.8, 4) is 44.8 Å². The zero-order chi connectivity index (χ0) is 30.7. The lowest BCUT2D eigenvalue weighted by atomic mass is 9.98. The SMILES string of the molecule is c1ccc(-c2cccc(N(c3ccccc3)c3ccc(-c4ccc(-c5ccccc5)c5nc(-c6ccccc6)oc45)cc3)c2)cc1. The lowest BCUT2D eigenvalue weighted by molar-refractivity contribution is 0.621. The molecule has 0 amide bonds. The van der Waals surface area contributed by atoms with Gasteiger partial charge in [0.2, 0.25) is 5.89 Å². The van der Waals surface area contributed by atoms with Gasteiger partial charge in [0, 0.05) is 33.8 Å². The van der Waals surface area contributed by atoms with Crippen LogP contribution in [-0.2, 0) is 0 Å². The molecule has 0 radical (unpaired) electrons. The second-order valence-corrected chi connectivity index (χ2v) is 11.2. The molecule has 8 aromatic rings. The van der Waals surface area contributed by atoms with Crippen LogP contribution in [0.1, 0.15) is 0 Å². The number of fused-ring (bicyclic) bond motifs is 1. The minimum atomic E-state index is 0.616.